The van der Waals surface area contributed by atoms with Gasteiger partial charge in [0.1, 0.15) is 12.4 Å². The zero-order valence-electron chi connectivity index (χ0n) is 16.9. The smallest absolute Gasteiger partial charge is 0.293 e. The van der Waals surface area contributed by atoms with Gasteiger partial charge in [0, 0.05) is 0 Å². The highest BCUT2D eigenvalue weighted by atomic mass is 127. The minimum Gasteiger partial charge on any atom is -0.493 e. The van der Waals surface area contributed by atoms with Crippen molar-refractivity contribution < 1.29 is 23.8 Å². The van der Waals surface area contributed by atoms with Gasteiger partial charge in [-0.15, -0.1) is 0 Å². The SMILES string of the molecule is CCOc1c(I)cc(/C=C2\SC(=O)N(CCOc3ccc(C)cc3)C2=O)cc1OC. The molecule has 30 heavy (non-hydrogen) atoms. The molecule has 2 aromatic rings. The summed E-state index contributed by atoms with van der Waals surface area (Å²) in [6.45, 7) is 4.86. The number of hydrogen-bond acceptors (Lipinski definition) is 6. The predicted molar refractivity (Wildman–Crippen MR) is 126 cm³/mol. The zero-order chi connectivity index (χ0) is 21.7. The topological polar surface area (TPSA) is 65.1 Å². The Morgan fingerprint density at radius 1 is 1.13 bits per heavy atom. The molecule has 0 radical (unpaired) electrons. The van der Waals surface area contributed by atoms with Crippen LogP contribution >= 0.6 is 34.4 Å². The van der Waals surface area contributed by atoms with E-state index in [1.165, 1.54) is 4.90 Å². The first kappa shape index (κ1) is 22.5. The first-order valence-electron chi connectivity index (χ1n) is 9.38. The van der Waals surface area contributed by atoms with Gasteiger partial charge in [0.2, 0.25) is 0 Å². The fourth-order valence-corrected chi connectivity index (χ4v) is 4.49. The van der Waals surface area contributed by atoms with Crippen molar-refractivity contribution in [1.82, 2.24) is 4.90 Å². The van der Waals surface area contributed by atoms with Crippen molar-refractivity contribution in [3.05, 3.63) is 56.0 Å². The summed E-state index contributed by atoms with van der Waals surface area (Å²) < 4.78 is 17.6. The number of nitrogens with zero attached hydrogens (tertiary/aromatic N) is 1. The second-order valence-corrected chi connectivity index (χ2v) is 8.62. The number of benzene rings is 2. The second-order valence-electron chi connectivity index (χ2n) is 6.46. The van der Waals surface area contributed by atoms with Crippen molar-refractivity contribution >= 4 is 51.6 Å². The molecule has 0 unspecified atom stereocenters. The van der Waals surface area contributed by atoms with Crippen molar-refractivity contribution in [3.8, 4) is 17.2 Å². The maximum Gasteiger partial charge on any atom is 0.293 e. The molecule has 0 atom stereocenters. The van der Waals surface area contributed by atoms with Crippen LogP contribution in [0.1, 0.15) is 18.1 Å². The van der Waals surface area contributed by atoms with Gasteiger partial charge in [0.25, 0.3) is 11.1 Å². The summed E-state index contributed by atoms with van der Waals surface area (Å²) in [7, 11) is 1.57. The van der Waals surface area contributed by atoms with E-state index in [-0.39, 0.29) is 24.3 Å². The van der Waals surface area contributed by atoms with Crippen LogP contribution in [0, 0.1) is 10.5 Å². The molecule has 1 aliphatic rings. The Kier molecular flexibility index (Phi) is 7.65. The highest BCUT2D eigenvalue weighted by Gasteiger charge is 2.34. The van der Waals surface area contributed by atoms with E-state index in [0.29, 0.717) is 28.8 Å². The van der Waals surface area contributed by atoms with Gasteiger partial charge in [0.05, 0.1) is 28.7 Å². The maximum absolute atomic E-state index is 12.7. The minimum absolute atomic E-state index is 0.194. The van der Waals surface area contributed by atoms with Crippen LogP contribution in [0.25, 0.3) is 6.08 Å². The van der Waals surface area contributed by atoms with E-state index in [2.05, 4.69) is 22.6 Å². The predicted octanol–water partition coefficient (Wildman–Crippen LogP) is 5.12. The first-order valence-corrected chi connectivity index (χ1v) is 11.3. The van der Waals surface area contributed by atoms with E-state index in [4.69, 9.17) is 14.2 Å². The number of carbonyl (C=O) groups excluding carboxylic acids is 2. The van der Waals surface area contributed by atoms with Crippen molar-refractivity contribution in [2.75, 3.05) is 26.9 Å². The Balaban J connectivity index is 1.70. The molecule has 6 nitrogen and oxygen atoms in total. The molecule has 0 spiro atoms. The van der Waals surface area contributed by atoms with Gasteiger partial charge in [-0.2, -0.15) is 0 Å². The number of thioether (sulfide) groups is 1. The lowest BCUT2D eigenvalue weighted by Gasteiger charge is -2.13. The van der Waals surface area contributed by atoms with Gasteiger partial charge in [-0.1, -0.05) is 17.7 Å². The molecule has 0 saturated carbocycles. The van der Waals surface area contributed by atoms with Crippen LogP contribution in [0.4, 0.5) is 4.79 Å². The number of halogens is 1. The molecular weight excluding hydrogens is 517 g/mol. The van der Waals surface area contributed by atoms with Crippen LogP contribution in [-0.2, 0) is 4.79 Å². The van der Waals surface area contributed by atoms with Crippen LogP contribution in [0.5, 0.6) is 17.2 Å². The highest BCUT2D eigenvalue weighted by molar-refractivity contribution is 14.1. The minimum atomic E-state index is -0.319. The molecule has 158 valence electrons. The number of ether oxygens (including phenoxy) is 3. The third-order valence-electron chi connectivity index (χ3n) is 4.32. The lowest BCUT2D eigenvalue weighted by atomic mass is 10.2. The Hall–Kier alpha value is -2.20. The van der Waals surface area contributed by atoms with E-state index in [1.807, 2.05) is 44.2 Å². The van der Waals surface area contributed by atoms with Gasteiger partial charge in [-0.25, -0.2) is 0 Å². The second kappa shape index (κ2) is 10.2. The Labute approximate surface area is 193 Å². The van der Waals surface area contributed by atoms with Gasteiger partial charge in [-0.3, -0.25) is 14.5 Å². The van der Waals surface area contributed by atoms with Crippen LogP contribution in [0.3, 0.4) is 0 Å². The summed E-state index contributed by atoms with van der Waals surface area (Å²) in [6, 6.07) is 11.3. The zero-order valence-corrected chi connectivity index (χ0v) is 19.9. The monoisotopic (exact) mass is 539 g/mol. The number of rotatable bonds is 8. The molecule has 1 aliphatic heterocycles. The van der Waals surface area contributed by atoms with Gasteiger partial charge < -0.3 is 14.2 Å². The van der Waals surface area contributed by atoms with Crippen LogP contribution in [0.2, 0.25) is 0 Å². The average Bonchev–Trinajstić information content (AvgIpc) is 2.98. The Bertz CT molecular complexity index is 974. The molecule has 0 bridgehead atoms. The van der Waals surface area contributed by atoms with Crippen LogP contribution < -0.4 is 14.2 Å². The molecule has 0 N–H and O–H groups in total. The first-order chi connectivity index (χ1) is 14.4. The summed E-state index contributed by atoms with van der Waals surface area (Å²) in [4.78, 5) is 26.6. The summed E-state index contributed by atoms with van der Waals surface area (Å²) in [6.07, 6.45) is 1.70. The number of amides is 2. The highest BCUT2D eigenvalue weighted by Crippen LogP contribution is 2.37. The van der Waals surface area contributed by atoms with Crippen LogP contribution in [0.15, 0.2) is 41.3 Å². The van der Waals surface area contributed by atoms with Crippen molar-refractivity contribution in [3.63, 3.8) is 0 Å². The molecule has 0 aliphatic carbocycles. The molecule has 1 heterocycles. The third kappa shape index (κ3) is 5.28. The fraction of sp³-hybridized carbons (Fsp3) is 0.273. The summed E-state index contributed by atoms with van der Waals surface area (Å²) >= 11 is 3.09. The quantitative estimate of drug-likeness (QED) is 0.343. The number of carbonyl (C=O) groups is 2. The number of imide groups is 1. The molecule has 3 rings (SSSR count). The summed E-state index contributed by atoms with van der Waals surface area (Å²) in [5, 5.41) is -0.300. The third-order valence-corrected chi connectivity index (χ3v) is 6.03. The molecule has 8 heteroatoms. The van der Waals surface area contributed by atoms with E-state index in [1.54, 1.807) is 19.3 Å². The van der Waals surface area contributed by atoms with Crippen LogP contribution in [-0.4, -0.2) is 42.9 Å². The summed E-state index contributed by atoms with van der Waals surface area (Å²) in [5.41, 5.74) is 1.90. The number of hydrogen-bond donors (Lipinski definition) is 0. The molecule has 0 aromatic heterocycles. The van der Waals surface area contributed by atoms with Crippen molar-refractivity contribution in [2.45, 2.75) is 13.8 Å². The van der Waals surface area contributed by atoms with Crippen molar-refractivity contribution in [2.24, 2.45) is 0 Å². The molecule has 2 amide bonds. The van der Waals surface area contributed by atoms with E-state index >= 15 is 0 Å². The van der Waals surface area contributed by atoms with Gasteiger partial charge in [-0.05, 0) is 84.1 Å². The van der Waals surface area contributed by atoms with E-state index in [9.17, 15) is 9.59 Å². The number of aryl methyl sites for hydroxylation is 1. The molecule has 2 aromatic carbocycles. The number of methoxy groups -OCH3 is 1. The normalized spacial score (nSPS) is 15.1. The fourth-order valence-electron chi connectivity index (χ4n) is 2.84. The lowest BCUT2D eigenvalue weighted by molar-refractivity contribution is -0.123. The average molecular weight is 539 g/mol. The van der Waals surface area contributed by atoms with E-state index < -0.39 is 0 Å². The maximum atomic E-state index is 12.7. The lowest BCUT2D eigenvalue weighted by Crippen LogP contribution is -2.32. The molecule has 1 fully saturated rings. The Morgan fingerprint density at radius 3 is 2.53 bits per heavy atom. The summed E-state index contributed by atoms with van der Waals surface area (Å²) in [5.74, 6) is 1.64. The van der Waals surface area contributed by atoms with Gasteiger partial charge >= 0.3 is 0 Å². The Morgan fingerprint density at radius 2 is 1.87 bits per heavy atom. The molecule has 1 saturated heterocycles. The standard InChI is InChI=1S/C22H22INO5S/c1-4-28-20-17(23)11-15(12-18(20)27-3)13-19-21(25)24(22(26)30-19)9-10-29-16-7-5-14(2)6-8-16/h5-8,11-13H,4,9-10H2,1-3H3/b19-13-. The largest absolute Gasteiger partial charge is 0.493 e. The van der Waals surface area contributed by atoms with Gasteiger partial charge in [0.15, 0.2) is 11.5 Å². The molecular formula is C22H22INO5S. The van der Waals surface area contributed by atoms with E-state index in [0.717, 1.165) is 26.5 Å². The van der Waals surface area contributed by atoms with Crippen molar-refractivity contribution in [1.29, 1.82) is 0 Å².